The number of aliphatic hydroxyl groups is 1. The molecule has 1 fully saturated rings. The third-order valence-electron chi connectivity index (χ3n) is 7.77. The second-order valence-electron chi connectivity index (χ2n) is 10.5. The van der Waals surface area contributed by atoms with Crippen molar-refractivity contribution in [2.24, 2.45) is 0 Å². The highest BCUT2D eigenvalue weighted by molar-refractivity contribution is 7.89. The fourth-order valence-electron chi connectivity index (χ4n) is 5.40. The van der Waals surface area contributed by atoms with Gasteiger partial charge >= 0.3 is 6.09 Å². The van der Waals surface area contributed by atoms with Crippen LogP contribution in [0.3, 0.4) is 0 Å². The molecule has 0 aliphatic carbocycles. The number of piperidine rings is 1. The second kappa shape index (κ2) is 16.6. The Hall–Kier alpha value is -2.95. The number of sulfonamides is 1. The number of ether oxygens (including phenoxy) is 1. The average Bonchev–Trinajstić information content (AvgIpc) is 3.02. The number of hydrogen-bond donors (Lipinski definition) is 1. The molecule has 0 radical (unpaired) electrons. The van der Waals surface area contributed by atoms with Crippen molar-refractivity contribution in [1.29, 1.82) is 0 Å². The molecule has 0 saturated carbocycles. The molecule has 8 nitrogen and oxygen atoms in total. The zero-order chi connectivity index (χ0) is 29.1. The van der Waals surface area contributed by atoms with E-state index in [9.17, 15) is 18.3 Å². The van der Waals surface area contributed by atoms with Crippen molar-refractivity contribution in [2.45, 2.75) is 42.7 Å². The Balaban J connectivity index is 0.00000484. The van der Waals surface area contributed by atoms with E-state index in [-0.39, 0.29) is 44.1 Å². The highest BCUT2D eigenvalue weighted by Crippen LogP contribution is 2.26. The summed E-state index contributed by atoms with van der Waals surface area (Å²) in [5, 5.41) is 9.60. The maximum absolute atomic E-state index is 13.2. The van der Waals surface area contributed by atoms with Gasteiger partial charge in [0.2, 0.25) is 10.0 Å². The third-order valence-corrected chi connectivity index (χ3v) is 9.61. The van der Waals surface area contributed by atoms with Crippen molar-refractivity contribution in [2.75, 3.05) is 46.4 Å². The summed E-state index contributed by atoms with van der Waals surface area (Å²) < 4.78 is 33.4. The van der Waals surface area contributed by atoms with Gasteiger partial charge in [-0.05, 0) is 55.0 Å². The van der Waals surface area contributed by atoms with Gasteiger partial charge in [0.15, 0.2) is 0 Å². The first kappa shape index (κ1) is 33.6. The molecular weight excluding hydrogens is 574 g/mol. The van der Waals surface area contributed by atoms with Gasteiger partial charge in [-0.3, -0.25) is 0 Å². The maximum atomic E-state index is 13.2. The maximum Gasteiger partial charge on any atom is 0.410 e. The summed E-state index contributed by atoms with van der Waals surface area (Å²) in [4.78, 5) is 17.2. The van der Waals surface area contributed by atoms with Crippen molar-refractivity contribution in [1.82, 2.24) is 14.1 Å². The van der Waals surface area contributed by atoms with Crippen LogP contribution >= 0.6 is 12.4 Å². The molecule has 1 amide bonds. The molecule has 10 heteroatoms. The van der Waals surface area contributed by atoms with E-state index >= 15 is 0 Å². The van der Waals surface area contributed by atoms with Crippen LogP contribution in [-0.2, 0) is 21.4 Å². The Bertz CT molecular complexity index is 1310. The summed E-state index contributed by atoms with van der Waals surface area (Å²) in [6.07, 6.45) is 1.99. The fraction of sp³-hybridized carbons (Fsp3) is 0.406. The molecule has 1 aliphatic heterocycles. The lowest BCUT2D eigenvalue weighted by Gasteiger charge is -2.38. The number of likely N-dealkylation sites (N-methyl/N-ethyl adjacent to an activating group) is 1. The molecular formula is C32H42ClN3O5S. The van der Waals surface area contributed by atoms with Gasteiger partial charge in [0.25, 0.3) is 0 Å². The highest BCUT2D eigenvalue weighted by Gasteiger charge is 2.30. The van der Waals surface area contributed by atoms with E-state index in [1.54, 1.807) is 36.2 Å². The Kier molecular flexibility index (Phi) is 13.3. The first-order valence-corrected chi connectivity index (χ1v) is 15.7. The van der Waals surface area contributed by atoms with Gasteiger partial charge in [-0.25, -0.2) is 17.5 Å². The van der Waals surface area contributed by atoms with Gasteiger partial charge in [-0.1, -0.05) is 78.9 Å². The molecule has 1 heterocycles. The minimum absolute atomic E-state index is 0. The number of nitrogens with zero attached hydrogens (tertiary/aromatic N) is 3. The van der Waals surface area contributed by atoms with Crippen molar-refractivity contribution in [3.63, 3.8) is 0 Å². The van der Waals surface area contributed by atoms with Crippen LogP contribution in [0.5, 0.6) is 0 Å². The lowest BCUT2D eigenvalue weighted by atomic mass is 9.94. The van der Waals surface area contributed by atoms with E-state index < -0.39 is 16.1 Å². The minimum atomic E-state index is -3.59. The number of hydrogen-bond acceptors (Lipinski definition) is 6. The molecule has 0 bridgehead atoms. The van der Waals surface area contributed by atoms with E-state index in [0.717, 1.165) is 50.0 Å². The standard InChI is InChI=1S/C32H41N3O5S.ClH/c1-33(41(38,39)31-15-9-4-10-16-31)25-29(28-13-7-3-8-14-28)17-20-34-21-18-30(19-22-34)35(23-24-36)32(37)40-26-27-11-5-2-6-12-27;/h2-16,29-30,36H,17-26H2,1H3;1H. The van der Waals surface area contributed by atoms with Crippen LogP contribution in [0.25, 0.3) is 0 Å². The number of amides is 1. The zero-order valence-electron chi connectivity index (χ0n) is 24.1. The van der Waals surface area contributed by atoms with Crippen LogP contribution in [0.4, 0.5) is 4.79 Å². The predicted molar refractivity (Wildman–Crippen MR) is 167 cm³/mol. The minimum Gasteiger partial charge on any atom is -0.445 e. The highest BCUT2D eigenvalue weighted by atomic mass is 35.5. The summed E-state index contributed by atoms with van der Waals surface area (Å²) in [5.41, 5.74) is 2.04. The second-order valence-corrected chi connectivity index (χ2v) is 12.6. The number of aliphatic hydroxyl groups excluding tert-OH is 1. The summed E-state index contributed by atoms with van der Waals surface area (Å²) in [7, 11) is -1.94. The molecule has 1 atom stereocenters. The monoisotopic (exact) mass is 615 g/mol. The van der Waals surface area contributed by atoms with Crippen LogP contribution in [0, 0.1) is 0 Å². The lowest BCUT2D eigenvalue weighted by molar-refractivity contribution is 0.0521. The molecule has 1 saturated heterocycles. The van der Waals surface area contributed by atoms with E-state index in [4.69, 9.17) is 4.74 Å². The predicted octanol–water partition coefficient (Wildman–Crippen LogP) is 5.00. The summed E-state index contributed by atoms with van der Waals surface area (Å²) in [6.45, 7) is 3.18. The van der Waals surface area contributed by atoms with Gasteiger partial charge in [0.05, 0.1) is 11.5 Å². The van der Waals surface area contributed by atoms with Crippen molar-refractivity contribution in [3.05, 3.63) is 102 Å². The largest absolute Gasteiger partial charge is 0.445 e. The number of likely N-dealkylation sites (tertiary alicyclic amines) is 1. The van der Waals surface area contributed by atoms with Crippen LogP contribution in [-0.4, -0.2) is 86.1 Å². The molecule has 0 aromatic heterocycles. The Morgan fingerprint density at radius 1 is 0.952 bits per heavy atom. The quantitative estimate of drug-likeness (QED) is 0.291. The first-order valence-electron chi connectivity index (χ1n) is 14.3. The smallest absolute Gasteiger partial charge is 0.410 e. The molecule has 1 unspecified atom stereocenters. The summed E-state index contributed by atoms with van der Waals surface area (Å²) in [5.74, 6) is 0.0382. The molecule has 3 aromatic rings. The molecule has 228 valence electrons. The van der Waals surface area contributed by atoms with Crippen LogP contribution in [0.2, 0.25) is 0 Å². The number of rotatable bonds is 13. The molecule has 4 rings (SSSR count). The van der Waals surface area contributed by atoms with Crippen molar-refractivity contribution < 1.29 is 23.1 Å². The fourth-order valence-corrected chi connectivity index (χ4v) is 6.63. The van der Waals surface area contributed by atoms with Crippen molar-refractivity contribution >= 4 is 28.5 Å². The molecule has 42 heavy (non-hydrogen) atoms. The molecule has 3 aromatic carbocycles. The average molecular weight is 616 g/mol. The van der Waals surface area contributed by atoms with Gasteiger partial charge in [-0.15, -0.1) is 12.4 Å². The van der Waals surface area contributed by atoms with Crippen LogP contribution in [0.1, 0.15) is 36.3 Å². The van der Waals surface area contributed by atoms with Gasteiger partial charge < -0.3 is 19.6 Å². The van der Waals surface area contributed by atoms with Gasteiger partial charge in [-0.2, -0.15) is 0 Å². The molecule has 0 spiro atoms. The topological polar surface area (TPSA) is 90.4 Å². The zero-order valence-corrected chi connectivity index (χ0v) is 25.8. The number of halogens is 1. The molecule has 1 N–H and O–H groups in total. The Morgan fingerprint density at radius 2 is 1.52 bits per heavy atom. The van der Waals surface area contributed by atoms with Gasteiger partial charge in [0.1, 0.15) is 6.61 Å². The first-order chi connectivity index (χ1) is 19.9. The number of carbonyl (C=O) groups is 1. The van der Waals surface area contributed by atoms with E-state index in [2.05, 4.69) is 17.0 Å². The van der Waals surface area contributed by atoms with Crippen LogP contribution in [0.15, 0.2) is 95.9 Å². The summed E-state index contributed by atoms with van der Waals surface area (Å²) >= 11 is 0. The van der Waals surface area contributed by atoms with E-state index in [1.807, 2.05) is 54.6 Å². The number of benzene rings is 3. The Morgan fingerprint density at radius 3 is 2.12 bits per heavy atom. The normalized spacial score (nSPS) is 15.1. The lowest BCUT2D eigenvalue weighted by Crippen LogP contribution is -2.48. The van der Waals surface area contributed by atoms with Crippen LogP contribution < -0.4 is 0 Å². The third kappa shape index (κ3) is 9.28. The van der Waals surface area contributed by atoms with E-state index in [1.165, 1.54) is 4.31 Å². The number of carbonyl (C=O) groups excluding carboxylic acids is 1. The Labute approximate surface area is 256 Å². The summed E-state index contributed by atoms with van der Waals surface area (Å²) in [6, 6.07) is 28.2. The van der Waals surface area contributed by atoms with Gasteiger partial charge in [0, 0.05) is 39.3 Å². The van der Waals surface area contributed by atoms with E-state index in [0.29, 0.717) is 11.4 Å². The molecule has 1 aliphatic rings. The SMILES string of the molecule is CN(CC(CCN1CCC(N(CCO)C(=O)OCc2ccccc2)CC1)c1ccccc1)S(=O)(=O)c1ccccc1.Cl. The van der Waals surface area contributed by atoms with Crippen molar-refractivity contribution in [3.8, 4) is 0 Å².